The highest BCUT2D eigenvalue weighted by molar-refractivity contribution is 6.07. The molecule has 9 nitrogen and oxygen atoms in total. The van der Waals surface area contributed by atoms with Crippen LogP contribution in [0, 0.1) is 23.1 Å². The SMILES string of the molecule is CCN1C(=O)[C@@H](NC(=O)c2cccc(C(F)(F)F)c2)[C@@H](c2ccc(F)cc2)c2c(C(=O)N3[C@H](C#N)C[C@H]4CC43C)nn(C3CC3)c21. The Balaban J connectivity index is 1.39. The summed E-state index contributed by atoms with van der Waals surface area (Å²) in [4.78, 5) is 45.4. The lowest BCUT2D eigenvalue weighted by Crippen LogP contribution is -2.56. The van der Waals surface area contributed by atoms with Gasteiger partial charge < -0.3 is 10.2 Å². The molecule has 0 bridgehead atoms. The molecule has 2 aliphatic carbocycles. The third-order valence-electron chi connectivity index (χ3n) is 9.85. The summed E-state index contributed by atoms with van der Waals surface area (Å²) in [5.41, 5.74) is -1.05. The third kappa shape index (κ3) is 4.65. The number of aromatic nitrogens is 2. The molecule has 3 aromatic rings. The largest absolute Gasteiger partial charge is 0.416 e. The van der Waals surface area contributed by atoms with Gasteiger partial charge in [0.2, 0.25) is 0 Å². The monoisotopic (exact) mass is 634 g/mol. The molecule has 238 valence electrons. The Morgan fingerprint density at radius 3 is 2.50 bits per heavy atom. The molecule has 2 aromatic carbocycles. The predicted octanol–water partition coefficient (Wildman–Crippen LogP) is 5.19. The number of nitrogens with one attached hydrogen (secondary N) is 1. The summed E-state index contributed by atoms with van der Waals surface area (Å²) in [6.45, 7) is 3.82. The number of nitrogens with zero attached hydrogens (tertiary/aromatic N) is 5. The summed E-state index contributed by atoms with van der Waals surface area (Å²) in [6.07, 6.45) is -1.86. The average molecular weight is 635 g/mol. The molecule has 13 heteroatoms. The number of rotatable bonds is 6. The summed E-state index contributed by atoms with van der Waals surface area (Å²) >= 11 is 0. The number of nitriles is 1. The zero-order chi connectivity index (χ0) is 32.7. The van der Waals surface area contributed by atoms with Gasteiger partial charge in [-0.15, -0.1) is 0 Å². The summed E-state index contributed by atoms with van der Waals surface area (Å²) in [5.74, 6) is -2.95. The van der Waals surface area contributed by atoms with Gasteiger partial charge in [0, 0.05) is 29.1 Å². The van der Waals surface area contributed by atoms with E-state index in [1.54, 1.807) is 16.5 Å². The minimum atomic E-state index is -4.69. The fourth-order valence-electron chi connectivity index (χ4n) is 7.25. The number of amides is 3. The number of likely N-dealkylation sites (N-methyl/N-ethyl adjacent to an activating group) is 1. The first kappa shape index (κ1) is 30.0. The molecule has 3 amide bonds. The van der Waals surface area contributed by atoms with Crippen LogP contribution in [0.5, 0.6) is 0 Å². The van der Waals surface area contributed by atoms with Gasteiger partial charge >= 0.3 is 6.18 Å². The van der Waals surface area contributed by atoms with Gasteiger partial charge in [-0.3, -0.25) is 19.3 Å². The molecule has 4 aliphatic rings. The average Bonchev–Trinajstić information content (AvgIpc) is 3.92. The molecule has 0 radical (unpaired) electrons. The Hall–Kier alpha value is -4.73. The molecular formula is C33H30F4N6O3. The first-order valence-electron chi connectivity index (χ1n) is 15.3. The maximum atomic E-state index is 14.5. The minimum absolute atomic E-state index is 0.0366. The van der Waals surface area contributed by atoms with Crippen molar-refractivity contribution in [2.75, 3.05) is 11.4 Å². The van der Waals surface area contributed by atoms with Crippen molar-refractivity contribution in [1.29, 1.82) is 5.26 Å². The molecule has 5 atom stereocenters. The van der Waals surface area contributed by atoms with Gasteiger partial charge in [0.05, 0.1) is 17.7 Å². The van der Waals surface area contributed by atoms with Gasteiger partial charge in [-0.25, -0.2) is 9.07 Å². The smallest absolute Gasteiger partial charge is 0.339 e. The maximum absolute atomic E-state index is 14.5. The molecular weight excluding hydrogens is 604 g/mol. The highest BCUT2D eigenvalue weighted by atomic mass is 19.4. The van der Waals surface area contributed by atoms with Gasteiger partial charge in [0.15, 0.2) is 5.69 Å². The lowest BCUT2D eigenvalue weighted by Gasteiger charge is -2.39. The number of carbonyl (C=O) groups excluding carboxylic acids is 3. The fraction of sp³-hybridized carbons (Fsp3) is 0.424. The van der Waals surface area contributed by atoms with E-state index in [9.17, 15) is 37.2 Å². The topological polar surface area (TPSA) is 111 Å². The van der Waals surface area contributed by atoms with Crippen LogP contribution in [0.1, 0.15) is 89.0 Å². The van der Waals surface area contributed by atoms with Gasteiger partial charge in [-0.2, -0.15) is 23.5 Å². The van der Waals surface area contributed by atoms with Gasteiger partial charge in [-0.05, 0) is 81.3 Å². The summed E-state index contributed by atoms with van der Waals surface area (Å²) < 4.78 is 56.3. The van der Waals surface area contributed by atoms with Crippen LogP contribution in [0.4, 0.5) is 23.4 Å². The van der Waals surface area contributed by atoms with Crippen LogP contribution in [0.15, 0.2) is 48.5 Å². The molecule has 1 N–H and O–H groups in total. The van der Waals surface area contributed by atoms with Crippen LogP contribution in [0.2, 0.25) is 0 Å². The van der Waals surface area contributed by atoms with E-state index >= 15 is 0 Å². The molecule has 0 spiro atoms. The van der Waals surface area contributed by atoms with Crippen molar-refractivity contribution in [3.8, 4) is 6.07 Å². The molecule has 46 heavy (non-hydrogen) atoms. The molecule has 3 heterocycles. The van der Waals surface area contributed by atoms with Crippen molar-refractivity contribution in [3.05, 3.63) is 82.3 Å². The number of likely N-dealkylation sites (tertiary alicyclic amines) is 1. The first-order valence-corrected chi connectivity index (χ1v) is 15.3. The fourth-order valence-corrected chi connectivity index (χ4v) is 7.25. The van der Waals surface area contributed by atoms with E-state index in [0.29, 0.717) is 29.4 Å². The molecule has 3 fully saturated rings. The maximum Gasteiger partial charge on any atom is 0.416 e. The van der Waals surface area contributed by atoms with Crippen molar-refractivity contribution < 1.29 is 31.9 Å². The predicted molar refractivity (Wildman–Crippen MR) is 156 cm³/mol. The van der Waals surface area contributed by atoms with Crippen molar-refractivity contribution >= 4 is 23.5 Å². The number of halogens is 4. The molecule has 1 saturated heterocycles. The number of fused-ring (bicyclic) bond motifs is 2. The standard InChI is InChI=1S/C33H30F4N6O3/c1-3-41-29-25(27(40-43(29)22-11-12-22)31(46)42-23(16-38)14-20-15-32(20,42)2)24(17-7-9-21(34)10-8-17)26(30(41)45)39-28(44)18-5-4-6-19(13-18)33(35,36)37/h4-10,13,20,22-24,26H,3,11-12,14-15H2,1-2H3,(H,39,44)/t20-,23-,24-,26-,32?/m0/s1. The van der Waals surface area contributed by atoms with Crippen LogP contribution in [0.25, 0.3) is 0 Å². The van der Waals surface area contributed by atoms with Crippen LogP contribution < -0.4 is 10.2 Å². The zero-order valence-corrected chi connectivity index (χ0v) is 25.0. The highest BCUT2D eigenvalue weighted by Crippen LogP contribution is 2.58. The Bertz CT molecular complexity index is 1810. The molecule has 1 unspecified atom stereocenters. The number of hydrogen-bond donors (Lipinski definition) is 1. The van der Waals surface area contributed by atoms with Crippen LogP contribution >= 0.6 is 0 Å². The van der Waals surface area contributed by atoms with E-state index in [0.717, 1.165) is 31.4 Å². The van der Waals surface area contributed by atoms with E-state index in [-0.39, 0.29) is 29.8 Å². The minimum Gasteiger partial charge on any atom is -0.339 e. The molecule has 1 aromatic heterocycles. The number of hydrogen-bond acceptors (Lipinski definition) is 5. The second kappa shape index (κ2) is 10.4. The Kier molecular flexibility index (Phi) is 6.77. The van der Waals surface area contributed by atoms with Crippen molar-refractivity contribution in [2.45, 2.75) is 75.3 Å². The van der Waals surface area contributed by atoms with E-state index < -0.39 is 58.8 Å². The zero-order valence-electron chi connectivity index (χ0n) is 25.0. The Morgan fingerprint density at radius 2 is 1.87 bits per heavy atom. The number of benzene rings is 2. The lowest BCUT2D eigenvalue weighted by atomic mass is 9.80. The van der Waals surface area contributed by atoms with Crippen LogP contribution in [-0.2, 0) is 11.0 Å². The Labute approximate surface area is 261 Å². The molecule has 2 saturated carbocycles. The lowest BCUT2D eigenvalue weighted by molar-refractivity contribution is -0.137. The van der Waals surface area contributed by atoms with E-state index in [2.05, 4.69) is 11.4 Å². The summed E-state index contributed by atoms with van der Waals surface area (Å²) in [5, 5.41) is 17.4. The van der Waals surface area contributed by atoms with Crippen molar-refractivity contribution in [3.63, 3.8) is 0 Å². The first-order chi connectivity index (χ1) is 21.9. The van der Waals surface area contributed by atoms with Crippen LogP contribution in [-0.4, -0.2) is 56.6 Å². The van der Waals surface area contributed by atoms with Gasteiger partial charge in [-0.1, -0.05) is 18.2 Å². The number of anilines is 1. The highest BCUT2D eigenvalue weighted by Gasteiger charge is 2.65. The Morgan fingerprint density at radius 1 is 1.15 bits per heavy atom. The third-order valence-corrected chi connectivity index (χ3v) is 9.85. The quantitative estimate of drug-likeness (QED) is 0.376. The molecule has 7 rings (SSSR count). The second-order valence-corrected chi connectivity index (χ2v) is 12.7. The molecule has 2 aliphatic heterocycles. The number of piperidine rings is 1. The van der Waals surface area contributed by atoms with Crippen LogP contribution in [0.3, 0.4) is 0 Å². The van der Waals surface area contributed by atoms with Gasteiger partial charge in [0.1, 0.15) is 23.7 Å². The number of carbonyl (C=O) groups is 3. The van der Waals surface area contributed by atoms with Crippen molar-refractivity contribution in [1.82, 2.24) is 20.0 Å². The van der Waals surface area contributed by atoms with E-state index in [1.165, 1.54) is 35.2 Å². The number of alkyl halides is 3. The second-order valence-electron chi connectivity index (χ2n) is 12.7. The van der Waals surface area contributed by atoms with E-state index in [1.807, 2.05) is 6.92 Å². The summed E-state index contributed by atoms with van der Waals surface area (Å²) in [6, 6.07) is 9.33. The van der Waals surface area contributed by atoms with E-state index in [4.69, 9.17) is 5.10 Å². The summed E-state index contributed by atoms with van der Waals surface area (Å²) in [7, 11) is 0. The van der Waals surface area contributed by atoms with Crippen molar-refractivity contribution in [2.24, 2.45) is 5.92 Å². The van der Waals surface area contributed by atoms with Gasteiger partial charge in [0.25, 0.3) is 17.7 Å². The normalized spacial score (nSPS) is 26.8.